The standard InChI is InChI=1S/C25H42/c1-3-5-7-11-23-18-20-25(21-19-23)13-9-8-12-24-16-14-22(15-17-24)10-6-4-2/h3,5-6,9-10,13,22-25H,4,7-8,11-12,14-21H2,1-2H3/b5-3+,10-6+,13-9+. The van der Waals surface area contributed by atoms with E-state index < -0.39 is 0 Å². The molecular weight excluding hydrogens is 300 g/mol. The first-order valence-electron chi connectivity index (χ1n) is 11.3. The second-order valence-electron chi connectivity index (χ2n) is 8.55. The lowest BCUT2D eigenvalue weighted by Crippen LogP contribution is -2.13. The second-order valence-corrected chi connectivity index (χ2v) is 8.55. The zero-order valence-electron chi connectivity index (χ0n) is 17.0. The van der Waals surface area contributed by atoms with Gasteiger partial charge in [0.25, 0.3) is 0 Å². The highest BCUT2D eigenvalue weighted by molar-refractivity contribution is 4.93. The summed E-state index contributed by atoms with van der Waals surface area (Å²) in [4.78, 5) is 0. The van der Waals surface area contributed by atoms with Crippen molar-refractivity contribution in [3.63, 3.8) is 0 Å². The molecule has 2 fully saturated rings. The van der Waals surface area contributed by atoms with E-state index in [0.29, 0.717) is 0 Å². The summed E-state index contributed by atoms with van der Waals surface area (Å²) in [6, 6.07) is 0. The van der Waals surface area contributed by atoms with E-state index in [-0.39, 0.29) is 0 Å². The van der Waals surface area contributed by atoms with Crippen LogP contribution in [-0.4, -0.2) is 0 Å². The summed E-state index contributed by atoms with van der Waals surface area (Å²) in [5, 5.41) is 0. The lowest BCUT2D eigenvalue weighted by molar-refractivity contribution is 0.293. The number of allylic oxidation sites excluding steroid dienone is 6. The zero-order valence-corrected chi connectivity index (χ0v) is 17.0. The Labute approximate surface area is 157 Å². The van der Waals surface area contributed by atoms with E-state index in [1.54, 1.807) is 0 Å². The normalized spacial score (nSPS) is 31.4. The summed E-state index contributed by atoms with van der Waals surface area (Å²) >= 11 is 0. The maximum Gasteiger partial charge on any atom is -0.0233 e. The molecule has 0 spiro atoms. The first kappa shape index (κ1) is 20.5. The quantitative estimate of drug-likeness (QED) is 0.370. The highest BCUT2D eigenvalue weighted by Crippen LogP contribution is 2.34. The van der Waals surface area contributed by atoms with Crippen molar-refractivity contribution in [3.05, 3.63) is 36.5 Å². The van der Waals surface area contributed by atoms with Crippen molar-refractivity contribution in [1.82, 2.24) is 0 Å². The van der Waals surface area contributed by atoms with Crippen LogP contribution in [0.2, 0.25) is 0 Å². The Hall–Kier alpha value is -0.780. The Morgan fingerprint density at radius 1 is 0.640 bits per heavy atom. The van der Waals surface area contributed by atoms with E-state index in [2.05, 4.69) is 50.3 Å². The molecule has 0 nitrogen and oxygen atoms in total. The van der Waals surface area contributed by atoms with Gasteiger partial charge in [0.15, 0.2) is 0 Å². The fourth-order valence-corrected chi connectivity index (χ4v) is 4.79. The van der Waals surface area contributed by atoms with Gasteiger partial charge in [-0.1, -0.05) is 43.4 Å². The Morgan fingerprint density at radius 3 is 1.60 bits per heavy atom. The smallest absolute Gasteiger partial charge is 0.0233 e. The molecule has 0 aromatic rings. The van der Waals surface area contributed by atoms with Crippen LogP contribution in [0.1, 0.15) is 97.3 Å². The van der Waals surface area contributed by atoms with Crippen molar-refractivity contribution in [2.24, 2.45) is 23.7 Å². The van der Waals surface area contributed by atoms with E-state index in [1.165, 1.54) is 83.5 Å². The summed E-state index contributed by atoms with van der Waals surface area (Å²) in [6.07, 6.45) is 32.7. The molecule has 0 heterocycles. The van der Waals surface area contributed by atoms with Crippen LogP contribution < -0.4 is 0 Å². The van der Waals surface area contributed by atoms with Crippen LogP contribution in [0.3, 0.4) is 0 Å². The van der Waals surface area contributed by atoms with Crippen LogP contribution in [0.5, 0.6) is 0 Å². The van der Waals surface area contributed by atoms with Gasteiger partial charge < -0.3 is 0 Å². The van der Waals surface area contributed by atoms with Gasteiger partial charge in [-0.15, -0.1) is 0 Å². The summed E-state index contributed by atoms with van der Waals surface area (Å²) in [7, 11) is 0. The summed E-state index contributed by atoms with van der Waals surface area (Å²) in [5.41, 5.74) is 0. The lowest BCUT2D eigenvalue weighted by atomic mass is 9.79. The second kappa shape index (κ2) is 12.6. The van der Waals surface area contributed by atoms with Gasteiger partial charge in [0.2, 0.25) is 0 Å². The van der Waals surface area contributed by atoms with E-state index in [9.17, 15) is 0 Å². The molecule has 0 aromatic carbocycles. The summed E-state index contributed by atoms with van der Waals surface area (Å²) in [5.74, 6) is 3.76. The van der Waals surface area contributed by atoms with Gasteiger partial charge in [0.05, 0.1) is 0 Å². The van der Waals surface area contributed by atoms with Crippen LogP contribution in [0, 0.1) is 23.7 Å². The fourth-order valence-electron chi connectivity index (χ4n) is 4.79. The van der Waals surface area contributed by atoms with Gasteiger partial charge >= 0.3 is 0 Å². The Bertz CT molecular complexity index is 398. The largest absolute Gasteiger partial charge is 0.0917 e. The molecule has 142 valence electrons. The maximum absolute atomic E-state index is 2.57. The zero-order chi connectivity index (χ0) is 17.7. The molecule has 0 bridgehead atoms. The number of hydrogen-bond donors (Lipinski definition) is 0. The molecule has 0 atom stereocenters. The molecule has 2 saturated carbocycles. The monoisotopic (exact) mass is 342 g/mol. The van der Waals surface area contributed by atoms with E-state index >= 15 is 0 Å². The van der Waals surface area contributed by atoms with Crippen LogP contribution in [0.4, 0.5) is 0 Å². The van der Waals surface area contributed by atoms with Crippen LogP contribution in [0.25, 0.3) is 0 Å². The minimum atomic E-state index is 0.882. The van der Waals surface area contributed by atoms with Crippen LogP contribution >= 0.6 is 0 Å². The van der Waals surface area contributed by atoms with Crippen LogP contribution in [0.15, 0.2) is 36.5 Å². The van der Waals surface area contributed by atoms with Gasteiger partial charge in [-0.2, -0.15) is 0 Å². The molecule has 0 amide bonds. The third-order valence-electron chi connectivity index (χ3n) is 6.55. The average molecular weight is 343 g/mol. The van der Waals surface area contributed by atoms with Crippen molar-refractivity contribution in [3.8, 4) is 0 Å². The highest BCUT2D eigenvalue weighted by atomic mass is 14.3. The van der Waals surface area contributed by atoms with Crippen molar-refractivity contribution < 1.29 is 0 Å². The Kier molecular flexibility index (Phi) is 10.3. The van der Waals surface area contributed by atoms with Gasteiger partial charge in [-0.05, 0) is 114 Å². The van der Waals surface area contributed by atoms with Gasteiger partial charge in [0, 0.05) is 0 Å². The molecule has 2 rings (SSSR count). The third kappa shape index (κ3) is 8.43. The average Bonchev–Trinajstić information content (AvgIpc) is 2.66. The van der Waals surface area contributed by atoms with E-state index in [1.807, 2.05) is 0 Å². The number of hydrogen-bond acceptors (Lipinski definition) is 0. The minimum Gasteiger partial charge on any atom is -0.0917 e. The van der Waals surface area contributed by atoms with E-state index in [4.69, 9.17) is 0 Å². The summed E-state index contributed by atoms with van der Waals surface area (Å²) < 4.78 is 0. The fraction of sp³-hybridized carbons (Fsp3) is 0.760. The molecule has 0 unspecified atom stereocenters. The van der Waals surface area contributed by atoms with Crippen molar-refractivity contribution in [2.45, 2.75) is 97.3 Å². The first-order valence-corrected chi connectivity index (χ1v) is 11.3. The molecule has 2 aliphatic rings. The Balaban J connectivity index is 1.53. The van der Waals surface area contributed by atoms with Gasteiger partial charge in [0.1, 0.15) is 0 Å². The maximum atomic E-state index is 2.57. The molecular formula is C25H42. The number of rotatable bonds is 9. The van der Waals surface area contributed by atoms with E-state index in [0.717, 1.165) is 23.7 Å². The van der Waals surface area contributed by atoms with Gasteiger partial charge in [-0.25, -0.2) is 0 Å². The predicted octanol–water partition coefficient (Wildman–Crippen LogP) is 8.26. The molecule has 0 radical (unpaired) electrons. The molecule has 25 heavy (non-hydrogen) atoms. The molecule has 0 saturated heterocycles. The van der Waals surface area contributed by atoms with Crippen molar-refractivity contribution in [2.75, 3.05) is 0 Å². The minimum absolute atomic E-state index is 0.882. The Morgan fingerprint density at radius 2 is 1.12 bits per heavy atom. The predicted molar refractivity (Wildman–Crippen MR) is 113 cm³/mol. The van der Waals surface area contributed by atoms with Crippen molar-refractivity contribution in [1.29, 1.82) is 0 Å². The van der Waals surface area contributed by atoms with Crippen LogP contribution in [-0.2, 0) is 0 Å². The molecule has 2 aliphatic carbocycles. The SMILES string of the molecule is C/C=C/CCC1CCC(/C=C/CCC2CCC(/C=C/CC)CC2)CC1. The third-order valence-corrected chi connectivity index (χ3v) is 6.55. The summed E-state index contributed by atoms with van der Waals surface area (Å²) in [6.45, 7) is 4.38. The highest BCUT2D eigenvalue weighted by Gasteiger charge is 2.20. The molecule has 0 aliphatic heterocycles. The van der Waals surface area contributed by atoms with Crippen molar-refractivity contribution >= 4 is 0 Å². The lowest BCUT2D eigenvalue weighted by Gasteiger charge is -2.27. The molecule has 0 N–H and O–H groups in total. The molecule has 0 aromatic heterocycles. The topological polar surface area (TPSA) is 0 Å². The first-order chi connectivity index (χ1) is 12.3. The molecule has 0 heteroatoms. The van der Waals surface area contributed by atoms with Gasteiger partial charge in [-0.3, -0.25) is 0 Å².